The fourth-order valence-electron chi connectivity index (χ4n) is 3.79. The molecular weight excluding hydrogens is 300 g/mol. The first-order valence-electron chi connectivity index (χ1n) is 8.69. The summed E-state index contributed by atoms with van der Waals surface area (Å²) in [5.41, 5.74) is 3.21. The first kappa shape index (κ1) is 15.6. The number of benzene rings is 2. The molecule has 1 atom stereocenters. The fourth-order valence-corrected chi connectivity index (χ4v) is 3.79. The van der Waals surface area contributed by atoms with Gasteiger partial charge in [0, 0.05) is 55.2 Å². The number of aliphatic hydroxyl groups is 1. The third-order valence-electron chi connectivity index (χ3n) is 5.20. The zero-order valence-corrected chi connectivity index (χ0v) is 14.1. The number of rotatable bonds is 4. The molecule has 1 fully saturated rings. The van der Waals surface area contributed by atoms with E-state index in [4.69, 9.17) is 4.42 Å². The maximum atomic E-state index is 9.27. The van der Waals surface area contributed by atoms with Crippen molar-refractivity contribution in [2.45, 2.75) is 19.0 Å². The fraction of sp³-hybridized carbons (Fsp3) is 0.400. The van der Waals surface area contributed by atoms with Crippen LogP contribution in [0.4, 0.5) is 0 Å². The van der Waals surface area contributed by atoms with Gasteiger partial charge in [0.15, 0.2) is 0 Å². The minimum absolute atomic E-state index is 0.252. The minimum Gasteiger partial charge on any atom is -0.456 e. The Bertz CT molecular complexity index is 842. The monoisotopic (exact) mass is 324 g/mol. The van der Waals surface area contributed by atoms with Crippen LogP contribution in [0.15, 0.2) is 46.9 Å². The van der Waals surface area contributed by atoms with Crippen LogP contribution in [0.3, 0.4) is 0 Å². The average molecular weight is 324 g/mol. The zero-order valence-electron chi connectivity index (χ0n) is 14.1. The van der Waals surface area contributed by atoms with Crippen molar-refractivity contribution in [1.29, 1.82) is 0 Å². The lowest BCUT2D eigenvalue weighted by Crippen LogP contribution is -2.51. The number of hydrogen-bond acceptors (Lipinski definition) is 4. The van der Waals surface area contributed by atoms with Crippen molar-refractivity contribution in [3.63, 3.8) is 0 Å². The molecule has 0 spiro atoms. The second-order valence-corrected chi connectivity index (χ2v) is 6.77. The van der Waals surface area contributed by atoms with E-state index in [1.54, 1.807) is 0 Å². The molecule has 0 bridgehead atoms. The van der Waals surface area contributed by atoms with Gasteiger partial charge in [0.25, 0.3) is 0 Å². The van der Waals surface area contributed by atoms with Crippen LogP contribution in [0.25, 0.3) is 21.9 Å². The first-order chi connectivity index (χ1) is 11.8. The van der Waals surface area contributed by atoms with E-state index in [0.717, 1.165) is 43.8 Å². The van der Waals surface area contributed by atoms with Gasteiger partial charge in [-0.15, -0.1) is 0 Å². The third-order valence-corrected chi connectivity index (χ3v) is 5.20. The van der Waals surface area contributed by atoms with Gasteiger partial charge in [0.2, 0.25) is 0 Å². The van der Waals surface area contributed by atoms with E-state index in [1.807, 2.05) is 12.1 Å². The molecule has 4 rings (SSSR count). The van der Waals surface area contributed by atoms with Crippen molar-refractivity contribution in [2.24, 2.45) is 0 Å². The van der Waals surface area contributed by atoms with Crippen molar-refractivity contribution < 1.29 is 9.52 Å². The highest BCUT2D eigenvalue weighted by Gasteiger charge is 2.24. The van der Waals surface area contributed by atoms with Crippen molar-refractivity contribution in [3.05, 3.63) is 48.0 Å². The molecule has 0 unspecified atom stereocenters. The van der Waals surface area contributed by atoms with Crippen LogP contribution in [-0.2, 0) is 6.54 Å². The number of fused-ring (bicyclic) bond motifs is 3. The van der Waals surface area contributed by atoms with E-state index in [1.165, 1.54) is 16.3 Å². The Labute approximate surface area is 142 Å². The van der Waals surface area contributed by atoms with Crippen molar-refractivity contribution >= 4 is 21.9 Å². The summed E-state index contributed by atoms with van der Waals surface area (Å²) < 4.78 is 6.14. The average Bonchev–Trinajstić information content (AvgIpc) is 2.98. The van der Waals surface area contributed by atoms with E-state index in [-0.39, 0.29) is 6.61 Å². The molecular formula is C20H24N2O2. The van der Waals surface area contributed by atoms with Crippen LogP contribution < -0.4 is 0 Å². The summed E-state index contributed by atoms with van der Waals surface area (Å²) in [6, 6.07) is 15.1. The summed E-state index contributed by atoms with van der Waals surface area (Å²) in [7, 11) is 2.15. The van der Waals surface area contributed by atoms with Crippen molar-refractivity contribution in [1.82, 2.24) is 9.80 Å². The number of likely N-dealkylation sites (N-methyl/N-ethyl adjacent to an activating group) is 1. The second kappa shape index (κ2) is 6.55. The number of aliphatic hydroxyl groups excluding tert-OH is 1. The molecule has 1 saturated heterocycles. The summed E-state index contributed by atoms with van der Waals surface area (Å²) in [5.74, 6) is 0. The standard InChI is InChI=1S/C20H24N2O2/c1-21-10-11-22(14-16(21)9-12-23)13-15-5-4-7-18-17-6-2-3-8-19(17)24-20(15)18/h2-8,16,23H,9-14H2,1H3/t16-/m1/s1. The molecule has 0 saturated carbocycles. The molecule has 4 heteroatoms. The number of furan rings is 1. The lowest BCUT2D eigenvalue weighted by atomic mass is 10.1. The molecule has 0 radical (unpaired) electrons. The molecule has 2 heterocycles. The van der Waals surface area contributed by atoms with Gasteiger partial charge in [0.1, 0.15) is 11.2 Å². The van der Waals surface area contributed by atoms with Crippen LogP contribution in [0.1, 0.15) is 12.0 Å². The molecule has 2 aromatic carbocycles. The highest BCUT2D eigenvalue weighted by atomic mass is 16.3. The zero-order chi connectivity index (χ0) is 16.5. The largest absolute Gasteiger partial charge is 0.456 e. The van der Waals surface area contributed by atoms with Gasteiger partial charge in [-0.05, 0) is 19.5 Å². The second-order valence-electron chi connectivity index (χ2n) is 6.77. The molecule has 0 aliphatic carbocycles. The number of para-hydroxylation sites is 2. The highest BCUT2D eigenvalue weighted by Crippen LogP contribution is 2.31. The predicted octanol–water partition coefficient (Wildman–Crippen LogP) is 3.08. The van der Waals surface area contributed by atoms with Crippen molar-refractivity contribution in [2.75, 3.05) is 33.3 Å². The predicted molar refractivity (Wildman–Crippen MR) is 97.1 cm³/mol. The molecule has 0 amide bonds. The Morgan fingerprint density at radius 2 is 1.92 bits per heavy atom. The minimum atomic E-state index is 0.252. The molecule has 24 heavy (non-hydrogen) atoms. The molecule has 1 aromatic heterocycles. The summed E-state index contributed by atoms with van der Waals surface area (Å²) in [6.45, 7) is 4.23. The Hall–Kier alpha value is -1.88. The summed E-state index contributed by atoms with van der Waals surface area (Å²) in [6.07, 6.45) is 0.835. The van der Waals surface area contributed by atoms with E-state index in [0.29, 0.717) is 6.04 Å². The maximum absolute atomic E-state index is 9.27. The van der Waals surface area contributed by atoms with E-state index in [9.17, 15) is 5.11 Å². The van der Waals surface area contributed by atoms with Gasteiger partial charge in [-0.3, -0.25) is 4.90 Å². The summed E-state index contributed by atoms with van der Waals surface area (Å²) in [4.78, 5) is 4.83. The molecule has 1 aliphatic heterocycles. The Morgan fingerprint density at radius 1 is 1.08 bits per heavy atom. The lowest BCUT2D eigenvalue weighted by molar-refractivity contribution is 0.0744. The lowest BCUT2D eigenvalue weighted by Gasteiger charge is -2.39. The first-order valence-corrected chi connectivity index (χ1v) is 8.69. The smallest absolute Gasteiger partial charge is 0.139 e. The topological polar surface area (TPSA) is 39.9 Å². The SMILES string of the molecule is CN1CCN(Cc2cccc3c2oc2ccccc23)C[C@H]1CCO. The quantitative estimate of drug-likeness (QED) is 0.800. The van der Waals surface area contributed by atoms with Gasteiger partial charge >= 0.3 is 0 Å². The van der Waals surface area contributed by atoms with Gasteiger partial charge in [-0.2, -0.15) is 0 Å². The van der Waals surface area contributed by atoms with Gasteiger partial charge in [-0.25, -0.2) is 0 Å². The van der Waals surface area contributed by atoms with E-state index in [2.05, 4.69) is 47.2 Å². The van der Waals surface area contributed by atoms with Crippen LogP contribution >= 0.6 is 0 Å². The Kier molecular flexibility index (Phi) is 4.27. The number of nitrogens with zero attached hydrogens (tertiary/aromatic N) is 2. The van der Waals surface area contributed by atoms with E-state index >= 15 is 0 Å². The van der Waals surface area contributed by atoms with Crippen LogP contribution in [0.5, 0.6) is 0 Å². The van der Waals surface area contributed by atoms with Crippen molar-refractivity contribution in [3.8, 4) is 0 Å². The van der Waals surface area contributed by atoms with E-state index < -0.39 is 0 Å². The number of hydrogen-bond donors (Lipinski definition) is 1. The van der Waals surface area contributed by atoms with Gasteiger partial charge in [-0.1, -0.05) is 36.4 Å². The molecule has 3 aromatic rings. The maximum Gasteiger partial charge on any atom is 0.139 e. The van der Waals surface area contributed by atoms with Crippen LogP contribution in [-0.4, -0.2) is 54.2 Å². The summed E-state index contributed by atoms with van der Waals surface area (Å²) >= 11 is 0. The van der Waals surface area contributed by atoms with Gasteiger partial charge in [0.05, 0.1) is 0 Å². The van der Waals surface area contributed by atoms with Crippen LogP contribution in [0.2, 0.25) is 0 Å². The Balaban J connectivity index is 1.62. The normalized spacial score (nSPS) is 20.2. The molecule has 1 N–H and O–H groups in total. The Morgan fingerprint density at radius 3 is 2.79 bits per heavy atom. The highest BCUT2D eigenvalue weighted by molar-refractivity contribution is 6.05. The molecule has 1 aliphatic rings. The van der Waals surface area contributed by atoms with Crippen LogP contribution in [0, 0.1) is 0 Å². The third kappa shape index (κ3) is 2.81. The summed E-state index contributed by atoms with van der Waals surface area (Å²) in [5, 5.41) is 11.7. The molecule has 4 nitrogen and oxygen atoms in total. The molecule has 126 valence electrons. The van der Waals surface area contributed by atoms with Gasteiger partial charge < -0.3 is 14.4 Å². The number of piperazine rings is 1.